The summed E-state index contributed by atoms with van der Waals surface area (Å²) < 4.78 is 0. The van der Waals surface area contributed by atoms with E-state index in [2.05, 4.69) is 47.1 Å². The highest BCUT2D eigenvalue weighted by molar-refractivity contribution is 7.99. The fraction of sp³-hybridized carbons (Fsp3) is 0.429. The highest BCUT2D eigenvalue weighted by Gasteiger charge is 2.45. The molecule has 0 bridgehead atoms. The number of carbonyl (C=O) groups excluding carboxylic acids is 1. The molecule has 0 amide bonds. The number of pyridine rings is 1. The molecule has 7 heteroatoms. The zero-order chi connectivity index (χ0) is 19.9. The number of Topliss-reactive ketones (excluding diaryl/α,β-unsaturated/α-hetero) is 1. The Kier molecular flexibility index (Phi) is 4.87. The quantitative estimate of drug-likeness (QED) is 0.605. The fourth-order valence-electron chi connectivity index (χ4n) is 4.12. The van der Waals surface area contributed by atoms with E-state index in [1.807, 2.05) is 12.1 Å². The van der Waals surface area contributed by atoms with Gasteiger partial charge in [0.25, 0.3) is 5.56 Å². The number of anilines is 1. The summed E-state index contributed by atoms with van der Waals surface area (Å²) >= 11 is 1.53. The monoisotopic (exact) mass is 396 g/mol. The van der Waals surface area contributed by atoms with Gasteiger partial charge in [0.05, 0.1) is 11.5 Å². The second-order valence-electron chi connectivity index (χ2n) is 8.07. The predicted octanol–water partition coefficient (Wildman–Crippen LogP) is 3.72. The third kappa shape index (κ3) is 3.39. The van der Waals surface area contributed by atoms with Gasteiger partial charge in [-0.1, -0.05) is 38.6 Å². The molecule has 28 heavy (non-hydrogen) atoms. The number of carbonyl (C=O) groups is 1. The van der Waals surface area contributed by atoms with Crippen LogP contribution in [0.25, 0.3) is 0 Å². The standard InChI is InChI=1S/C21H24N4O2S/c1-4-9-28-20-24-18-17(19(27)25-20)15(12-5-7-22-8-6-12)16-13(23-18)10-21(2,3)11-14(16)26/h5-8,10,15-16H,4,9,11H2,1-3H3,(H2,23,24,25,27)/t15-,16-/m0/s1. The molecule has 3 heterocycles. The van der Waals surface area contributed by atoms with E-state index in [-0.39, 0.29) is 22.7 Å². The van der Waals surface area contributed by atoms with E-state index in [1.165, 1.54) is 11.8 Å². The average Bonchev–Trinajstić information content (AvgIpc) is 2.64. The molecule has 6 nitrogen and oxygen atoms in total. The Hall–Kier alpha value is -2.41. The van der Waals surface area contributed by atoms with Crippen LogP contribution in [0.1, 0.15) is 50.7 Å². The normalized spacial score (nSPS) is 22.7. The third-order valence-electron chi connectivity index (χ3n) is 5.21. The van der Waals surface area contributed by atoms with Gasteiger partial charge in [-0.3, -0.25) is 14.6 Å². The van der Waals surface area contributed by atoms with Gasteiger partial charge in [-0.2, -0.15) is 0 Å². The Morgan fingerprint density at radius 3 is 2.68 bits per heavy atom. The highest BCUT2D eigenvalue weighted by Crippen LogP contribution is 2.47. The Morgan fingerprint density at radius 1 is 1.21 bits per heavy atom. The predicted molar refractivity (Wildman–Crippen MR) is 111 cm³/mol. The molecule has 146 valence electrons. The van der Waals surface area contributed by atoms with E-state index in [9.17, 15) is 9.59 Å². The number of allylic oxidation sites excluding steroid dienone is 2. The second-order valence-corrected chi connectivity index (χ2v) is 9.16. The maximum atomic E-state index is 13.1. The van der Waals surface area contributed by atoms with Gasteiger partial charge in [-0.15, -0.1) is 0 Å². The van der Waals surface area contributed by atoms with Crippen LogP contribution in [0.15, 0.2) is 46.3 Å². The number of H-pyrrole nitrogens is 1. The van der Waals surface area contributed by atoms with Crippen molar-refractivity contribution in [3.05, 3.63) is 57.8 Å². The van der Waals surface area contributed by atoms with Crippen LogP contribution < -0.4 is 10.9 Å². The van der Waals surface area contributed by atoms with Crippen molar-refractivity contribution in [2.24, 2.45) is 11.3 Å². The molecule has 2 aliphatic rings. The number of ketones is 1. The van der Waals surface area contributed by atoms with Crippen LogP contribution in [0.2, 0.25) is 0 Å². The Morgan fingerprint density at radius 2 is 1.96 bits per heavy atom. The molecule has 1 aliphatic heterocycles. The maximum Gasteiger partial charge on any atom is 0.257 e. The van der Waals surface area contributed by atoms with Crippen LogP contribution in [0.3, 0.4) is 0 Å². The van der Waals surface area contributed by atoms with Crippen molar-refractivity contribution in [2.75, 3.05) is 11.1 Å². The molecule has 2 aromatic heterocycles. The minimum absolute atomic E-state index is 0.145. The van der Waals surface area contributed by atoms with Crippen molar-refractivity contribution in [1.82, 2.24) is 15.0 Å². The zero-order valence-electron chi connectivity index (χ0n) is 16.3. The minimum atomic E-state index is -0.403. The summed E-state index contributed by atoms with van der Waals surface area (Å²) in [4.78, 5) is 37.8. The van der Waals surface area contributed by atoms with Gasteiger partial charge in [0.15, 0.2) is 5.16 Å². The van der Waals surface area contributed by atoms with Crippen molar-refractivity contribution in [1.29, 1.82) is 0 Å². The number of nitrogens with one attached hydrogen (secondary N) is 2. The first-order valence-electron chi connectivity index (χ1n) is 9.59. The second kappa shape index (κ2) is 7.20. The molecular weight excluding hydrogens is 372 g/mol. The lowest BCUT2D eigenvalue weighted by Crippen LogP contribution is -2.41. The number of nitrogens with zero attached hydrogens (tertiary/aromatic N) is 2. The molecule has 4 rings (SSSR count). The number of aromatic amines is 1. The Balaban J connectivity index is 1.91. The van der Waals surface area contributed by atoms with Gasteiger partial charge in [-0.05, 0) is 29.5 Å². The molecule has 0 saturated carbocycles. The first-order chi connectivity index (χ1) is 13.4. The summed E-state index contributed by atoms with van der Waals surface area (Å²) in [6.07, 6.45) is 6.97. The van der Waals surface area contributed by atoms with Crippen LogP contribution in [0.5, 0.6) is 0 Å². The zero-order valence-corrected chi connectivity index (χ0v) is 17.1. The van der Waals surface area contributed by atoms with Crippen molar-refractivity contribution >= 4 is 23.4 Å². The Labute approximate surface area is 168 Å². The van der Waals surface area contributed by atoms with Gasteiger partial charge in [-0.25, -0.2) is 4.98 Å². The van der Waals surface area contributed by atoms with Crippen molar-refractivity contribution < 1.29 is 4.79 Å². The molecule has 0 radical (unpaired) electrons. The molecule has 2 atom stereocenters. The van der Waals surface area contributed by atoms with Gasteiger partial charge in [0, 0.05) is 36.2 Å². The molecule has 1 aliphatic carbocycles. The Bertz CT molecular complexity index is 997. The van der Waals surface area contributed by atoms with Crippen molar-refractivity contribution in [3.8, 4) is 0 Å². The van der Waals surface area contributed by atoms with E-state index in [1.54, 1.807) is 12.4 Å². The number of rotatable bonds is 4. The van der Waals surface area contributed by atoms with Crippen molar-refractivity contribution in [2.45, 2.75) is 44.7 Å². The van der Waals surface area contributed by atoms with Gasteiger partial charge in [0.2, 0.25) is 0 Å². The summed E-state index contributed by atoms with van der Waals surface area (Å²) in [5.41, 5.74) is 1.87. The molecule has 2 aromatic rings. The SMILES string of the molecule is CCCSc1nc2c(c(=O)[nH]1)[C@@H](c1ccncc1)[C@@H]1C(=O)CC(C)(C)C=C1N2. The van der Waals surface area contributed by atoms with E-state index >= 15 is 0 Å². The first-order valence-corrected chi connectivity index (χ1v) is 10.6. The average molecular weight is 397 g/mol. The summed E-state index contributed by atoms with van der Waals surface area (Å²) in [5.74, 6) is 0.811. The van der Waals surface area contributed by atoms with Crippen molar-refractivity contribution in [3.63, 3.8) is 0 Å². The number of fused-ring (bicyclic) bond motifs is 2. The lowest BCUT2D eigenvalue weighted by Gasteiger charge is -2.40. The lowest BCUT2D eigenvalue weighted by atomic mass is 9.67. The third-order valence-corrected chi connectivity index (χ3v) is 6.29. The van der Waals surface area contributed by atoms with Crippen LogP contribution in [0, 0.1) is 11.3 Å². The van der Waals surface area contributed by atoms with Crippen LogP contribution in [-0.4, -0.2) is 26.5 Å². The van der Waals surface area contributed by atoms with Crippen LogP contribution in [-0.2, 0) is 4.79 Å². The highest BCUT2D eigenvalue weighted by atomic mass is 32.2. The fourth-order valence-corrected chi connectivity index (χ4v) is 4.84. The number of aromatic nitrogens is 3. The van der Waals surface area contributed by atoms with Gasteiger partial charge in [0.1, 0.15) is 11.6 Å². The molecule has 0 spiro atoms. The summed E-state index contributed by atoms with van der Waals surface area (Å²) in [6, 6.07) is 3.76. The van der Waals surface area contributed by atoms with E-state index in [0.29, 0.717) is 23.0 Å². The molecule has 0 saturated heterocycles. The molecular formula is C21H24N4O2S. The summed E-state index contributed by atoms with van der Waals surface area (Å²) in [7, 11) is 0. The number of thioether (sulfide) groups is 1. The maximum absolute atomic E-state index is 13.1. The molecule has 2 N–H and O–H groups in total. The first kappa shape index (κ1) is 18.9. The summed E-state index contributed by atoms with van der Waals surface area (Å²) in [5, 5.41) is 3.93. The number of hydrogen-bond acceptors (Lipinski definition) is 6. The van der Waals surface area contributed by atoms with E-state index in [4.69, 9.17) is 0 Å². The van der Waals surface area contributed by atoms with Crippen LogP contribution >= 0.6 is 11.8 Å². The number of hydrogen-bond donors (Lipinski definition) is 2. The summed E-state index contributed by atoms with van der Waals surface area (Å²) in [6.45, 7) is 6.20. The molecule has 0 unspecified atom stereocenters. The van der Waals surface area contributed by atoms with E-state index < -0.39 is 5.92 Å². The van der Waals surface area contributed by atoms with E-state index in [0.717, 1.165) is 23.4 Å². The lowest BCUT2D eigenvalue weighted by molar-refractivity contribution is -0.124. The smallest absolute Gasteiger partial charge is 0.257 e. The van der Waals surface area contributed by atoms with Gasteiger partial charge >= 0.3 is 0 Å². The molecule has 0 fully saturated rings. The molecule has 0 aromatic carbocycles. The topological polar surface area (TPSA) is 87.7 Å². The van der Waals surface area contributed by atoms with Gasteiger partial charge < -0.3 is 10.3 Å². The van der Waals surface area contributed by atoms with Crippen LogP contribution in [0.4, 0.5) is 5.82 Å². The largest absolute Gasteiger partial charge is 0.343 e. The minimum Gasteiger partial charge on any atom is -0.343 e.